The summed E-state index contributed by atoms with van der Waals surface area (Å²) in [5, 5.41) is 0. The van der Waals surface area contributed by atoms with Gasteiger partial charge in [-0.2, -0.15) is 0 Å². The Morgan fingerprint density at radius 3 is 2.47 bits per heavy atom. The number of sulfone groups is 1. The molecule has 4 rings (SSSR count). The zero-order valence-corrected chi connectivity index (χ0v) is 23.3. The molecule has 3 aromatic rings. The number of ether oxygens (including phenoxy) is 2. The van der Waals surface area contributed by atoms with Crippen molar-refractivity contribution in [1.29, 1.82) is 0 Å². The van der Waals surface area contributed by atoms with E-state index in [0.717, 1.165) is 5.56 Å². The van der Waals surface area contributed by atoms with E-state index >= 15 is 0 Å². The first-order chi connectivity index (χ1) is 18.0. The first-order valence-electron chi connectivity index (χ1n) is 11.8. The Labute approximate surface area is 226 Å². The van der Waals surface area contributed by atoms with Crippen LogP contribution in [0.15, 0.2) is 65.1 Å². The highest BCUT2D eigenvalue weighted by molar-refractivity contribution is 7.91. The van der Waals surface area contributed by atoms with Crippen molar-refractivity contribution in [3.8, 4) is 11.5 Å². The molecule has 0 bridgehead atoms. The lowest BCUT2D eigenvalue weighted by atomic mass is 9.98. The first-order valence-corrected chi connectivity index (χ1v) is 16.0. The van der Waals surface area contributed by atoms with Crippen LogP contribution in [-0.2, 0) is 36.8 Å². The fraction of sp³-hybridized carbons (Fsp3) is 0.360. The minimum atomic E-state index is -4.49. The molecule has 38 heavy (non-hydrogen) atoms. The Hall–Kier alpha value is -3.00. The number of hydrogen-bond acceptors (Lipinski definition) is 10. The van der Waals surface area contributed by atoms with Crippen LogP contribution >= 0.6 is 11.3 Å². The lowest BCUT2D eigenvalue weighted by Crippen LogP contribution is -2.54. The average molecular weight is 580 g/mol. The number of hydrogen-bond donors (Lipinski definition) is 1. The molecule has 2 heterocycles. The van der Waals surface area contributed by atoms with Gasteiger partial charge in [-0.25, -0.2) is 21.1 Å². The molecule has 0 saturated carbocycles. The van der Waals surface area contributed by atoms with Gasteiger partial charge in [0.15, 0.2) is 21.3 Å². The second-order valence-electron chi connectivity index (χ2n) is 9.24. The summed E-state index contributed by atoms with van der Waals surface area (Å²) < 4.78 is 64.6. The van der Waals surface area contributed by atoms with E-state index in [1.807, 2.05) is 30.3 Å². The van der Waals surface area contributed by atoms with Crippen LogP contribution in [0.2, 0.25) is 0 Å². The molecule has 13 heteroatoms. The number of carbonyl (C=O) groups excluding carboxylic acids is 1. The molecule has 0 spiro atoms. The summed E-state index contributed by atoms with van der Waals surface area (Å²) in [6.07, 6.45) is 0.594. The molecule has 2 N–H and O–H groups in total. The van der Waals surface area contributed by atoms with Crippen molar-refractivity contribution in [1.82, 2.24) is 9.29 Å². The summed E-state index contributed by atoms with van der Waals surface area (Å²) in [5.74, 6) is -2.78. The molecule has 2 aromatic carbocycles. The monoisotopic (exact) mass is 579 g/mol. The van der Waals surface area contributed by atoms with E-state index in [9.17, 15) is 21.6 Å². The third kappa shape index (κ3) is 6.34. The van der Waals surface area contributed by atoms with Crippen molar-refractivity contribution >= 4 is 37.1 Å². The largest absolute Gasteiger partial charge is 0.454 e. The highest BCUT2D eigenvalue weighted by Crippen LogP contribution is 2.35. The van der Waals surface area contributed by atoms with Gasteiger partial charge < -0.3 is 15.2 Å². The van der Waals surface area contributed by atoms with Gasteiger partial charge in [-0.15, -0.1) is 11.3 Å². The third-order valence-electron chi connectivity index (χ3n) is 6.14. The van der Waals surface area contributed by atoms with Crippen LogP contribution in [-0.4, -0.2) is 50.7 Å². The molecule has 0 radical (unpaired) electrons. The summed E-state index contributed by atoms with van der Waals surface area (Å²) in [7, 11) is -8.23. The summed E-state index contributed by atoms with van der Waals surface area (Å²) in [4.78, 5) is 17.9. The molecule has 0 aliphatic carbocycles. The smallest absolute Gasteiger partial charge is 0.268 e. The van der Waals surface area contributed by atoms with Gasteiger partial charge in [0.05, 0.1) is 34.0 Å². The van der Waals surface area contributed by atoms with Crippen molar-refractivity contribution < 1.29 is 31.1 Å². The summed E-state index contributed by atoms with van der Waals surface area (Å²) in [5.41, 5.74) is 8.91. The highest BCUT2D eigenvalue weighted by atomic mass is 32.2. The summed E-state index contributed by atoms with van der Waals surface area (Å²) >= 11 is 1.19. The van der Waals surface area contributed by atoms with Crippen molar-refractivity contribution in [2.24, 2.45) is 17.6 Å². The second kappa shape index (κ2) is 11.4. The van der Waals surface area contributed by atoms with Gasteiger partial charge in [-0.3, -0.25) is 9.78 Å². The second-order valence-corrected chi connectivity index (χ2v) is 14.1. The van der Waals surface area contributed by atoms with Gasteiger partial charge in [-0.05, 0) is 30.0 Å². The number of sulfonamides is 1. The maximum Gasteiger partial charge on any atom is 0.268 e. The molecule has 204 valence electrons. The fourth-order valence-electron chi connectivity index (χ4n) is 4.17. The van der Waals surface area contributed by atoms with Gasteiger partial charge in [0.1, 0.15) is 0 Å². The van der Waals surface area contributed by atoms with Crippen LogP contribution in [0.4, 0.5) is 0 Å². The fourth-order valence-corrected chi connectivity index (χ4v) is 8.56. The average Bonchev–Trinajstić information content (AvgIpc) is 3.55. The maximum atomic E-state index is 13.9. The molecule has 1 aliphatic rings. The third-order valence-corrected chi connectivity index (χ3v) is 10.7. The van der Waals surface area contributed by atoms with Crippen LogP contribution < -0.4 is 15.2 Å². The molecule has 1 aromatic heterocycles. The van der Waals surface area contributed by atoms with E-state index in [1.165, 1.54) is 48.2 Å². The van der Waals surface area contributed by atoms with Gasteiger partial charge in [0.2, 0.25) is 12.7 Å². The number of amides is 1. The standard InChI is InChI=1S/C25H29N3O7S3/c1-17(10-19-6-4-3-5-7-19)24(26)28(38(32,33)21-8-9-22-23(11-21)35-16-34-22)25(29)18(2)13-37(30,31)14-20-12-27-15-36-20/h3-9,11-12,15,17-18,24H,10,13-14,16,26H2,1-2H3/t17-,18?,24-/m0/s1. The summed E-state index contributed by atoms with van der Waals surface area (Å²) in [6, 6.07) is 13.4. The van der Waals surface area contributed by atoms with Gasteiger partial charge in [0.25, 0.3) is 10.0 Å². The van der Waals surface area contributed by atoms with E-state index in [-0.39, 0.29) is 23.2 Å². The van der Waals surface area contributed by atoms with Crippen LogP contribution in [0.3, 0.4) is 0 Å². The molecular weight excluding hydrogens is 550 g/mol. The normalized spacial score (nSPS) is 15.6. The van der Waals surface area contributed by atoms with E-state index < -0.39 is 49.5 Å². The Morgan fingerprint density at radius 2 is 1.79 bits per heavy atom. The van der Waals surface area contributed by atoms with Crippen LogP contribution in [0, 0.1) is 11.8 Å². The number of benzene rings is 2. The van der Waals surface area contributed by atoms with E-state index in [2.05, 4.69) is 4.98 Å². The molecule has 1 unspecified atom stereocenters. The number of nitrogens with zero attached hydrogens (tertiary/aromatic N) is 2. The van der Waals surface area contributed by atoms with Crippen molar-refractivity contribution in [2.45, 2.75) is 37.1 Å². The molecule has 1 amide bonds. The van der Waals surface area contributed by atoms with Crippen LogP contribution in [0.1, 0.15) is 24.3 Å². The van der Waals surface area contributed by atoms with Gasteiger partial charge in [-0.1, -0.05) is 44.2 Å². The van der Waals surface area contributed by atoms with Crippen molar-refractivity contribution in [3.05, 3.63) is 70.7 Å². The van der Waals surface area contributed by atoms with Crippen LogP contribution in [0.5, 0.6) is 11.5 Å². The number of aromatic nitrogens is 1. The molecular formula is C25H29N3O7S3. The van der Waals surface area contributed by atoms with Gasteiger partial charge >= 0.3 is 0 Å². The molecule has 10 nitrogen and oxygen atoms in total. The van der Waals surface area contributed by atoms with E-state index in [0.29, 0.717) is 21.4 Å². The first kappa shape index (κ1) is 28.0. The number of rotatable bonds is 11. The molecule has 0 fully saturated rings. The predicted octanol–water partition coefficient (Wildman–Crippen LogP) is 2.80. The predicted molar refractivity (Wildman–Crippen MR) is 143 cm³/mol. The highest BCUT2D eigenvalue weighted by Gasteiger charge is 2.40. The molecule has 1 aliphatic heterocycles. The Morgan fingerprint density at radius 1 is 1.08 bits per heavy atom. The number of fused-ring (bicyclic) bond motifs is 1. The van der Waals surface area contributed by atoms with Crippen molar-refractivity contribution in [3.63, 3.8) is 0 Å². The zero-order valence-electron chi connectivity index (χ0n) is 20.9. The maximum absolute atomic E-state index is 13.9. The lowest BCUT2D eigenvalue weighted by Gasteiger charge is -2.34. The summed E-state index contributed by atoms with van der Waals surface area (Å²) in [6.45, 7) is 3.09. The molecule has 3 atom stereocenters. The minimum absolute atomic E-state index is 0.0518. The minimum Gasteiger partial charge on any atom is -0.454 e. The van der Waals surface area contributed by atoms with Gasteiger partial charge in [0, 0.05) is 17.1 Å². The SMILES string of the molecule is CC(CS(=O)(=O)Cc1cncs1)C(=O)N([C@H](N)[C@@H](C)Cc1ccccc1)S(=O)(=O)c1ccc2c(c1)OCO2. The van der Waals surface area contributed by atoms with Crippen molar-refractivity contribution in [2.75, 3.05) is 12.5 Å². The number of thiazole rings is 1. The number of carbonyl (C=O) groups is 1. The van der Waals surface area contributed by atoms with Crippen LogP contribution in [0.25, 0.3) is 0 Å². The Balaban J connectivity index is 1.64. The van der Waals surface area contributed by atoms with E-state index in [1.54, 1.807) is 6.92 Å². The number of nitrogens with two attached hydrogens (primary N) is 1. The lowest BCUT2D eigenvalue weighted by molar-refractivity contribution is -0.131. The Kier molecular flexibility index (Phi) is 8.40. The molecule has 0 saturated heterocycles. The topological polar surface area (TPSA) is 146 Å². The Bertz CT molecular complexity index is 1480. The zero-order chi connectivity index (χ0) is 27.5. The quantitative estimate of drug-likeness (QED) is 0.339. The van der Waals surface area contributed by atoms with E-state index in [4.69, 9.17) is 15.2 Å².